The van der Waals surface area contributed by atoms with Gasteiger partial charge in [0.2, 0.25) is 0 Å². The minimum Gasteiger partial charge on any atom is -0.283 e. The molecule has 2 nitrogen and oxygen atoms in total. The van der Waals surface area contributed by atoms with Gasteiger partial charge in [-0.05, 0) is 32.6 Å². The lowest BCUT2D eigenvalue weighted by atomic mass is 9.91. The lowest BCUT2D eigenvalue weighted by Gasteiger charge is -2.28. The highest BCUT2D eigenvalue weighted by atomic mass is 15.0. The molecule has 2 aliphatic rings. The van der Waals surface area contributed by atoms with Gasteiger partial charge in [0.05, 0.1) is 12.1 Å². The molecule has 1 aliphatic carbocycles. The van der Waals surface area contributed by atoms with Crippen molar-refractivity contribution in [2.45, 2.75) is 58.0 Å². The summed E-state index contributed by atoms with van der Waals surface area (Å²) < 4.78 is 0. The summed E-state index contributed by atoms with van der Waals surface area (Å²) in [4.78, 5) is 9.53. The van der Waals surface area contributed by atoms with Crippen LogP contribution in [0.4, 0.5) is 0 Å². The Morgan fingerprint density at radius 2 is 2.15 bits per heavy atom. The first-order valence-corrected chi connectivity index (χ1v) is 5.44. The fourth-order valence-corrected chi connectivity index (χ4v) is 2.28. The van der Waals surface area contributed by atoms with Gasteiger partial charge in [0, 0.05) is 11.4 Å². The Morgan fingerprint density at radius 1 is 1.31 bits per heavy atom. The van der Waals surface area contributed by atoms with Crippen molar-refractivity contribution in [1.29, 1.82) is 0 Å². The molecule has 0 aromatic heterocycles. The van der Waals surface area contributed by atoms with E-state index in [0.29, 0.717) is 12.1 Å². The molecule has 2 rings (SSSR count). The molecule has 2 unspecified atom stereocenters. The first-order valence-electron chi connectivity index (χ1n) is 5.44. The first-order chi connectivity index (χ1) is 6.31. The molecule has 1 fully saturated rings. The summed E-state index contributed by atoms with van der Waals surface area (Å²) in [5, 5.41) is 0. The predicted octanol–water partition coefficient (Wildman–Crippen LogP) is 2.62. The Morgan fingerprint density at radius 3 is 2.92 bits per heavy atom. The molecule has 2 atom stereocenters. The Hall–Kier alpha value is -0.660. The average molecular weight is 178 g/mol. The van der Waals surface area contributed by atoms with Crippen LogP contribution in [-0.4, -0.2) is 23.5 Å². The smallest absolute Gasteiger partial charge is 0.0876 e. The second kappa shape index (κ2) is 3.60. The van der Waals surface area contributed by atoms with Crippen molar-refractivity contribution in [1.82, 2.24) is 0 Å². The Balaban J connectivity index is 2.18. The molecule has 72 valence electrons. The minimum absolute atomic E-state index is 0.356. The lowest BCUT2D eigenvalue weighted by Crippen LogP contribution is -2.33. The average Bonchev–Trinajstić information content (AvgIpc) is 2.17. The molecule has 2 heteroatoms. The van der Waals surface area contributed by atoms with Gasteiger partial charge < -0.3 is 0 Å². The van der Waals surface area contributed by atoms with E-state index in [4.69, 9.17) is 9.98 Å². The number of aliphatic imine (C=N–C) groups is 2. The van der Waals surface area contributed by atoms with Crippen LogP contribution in [0.25, 0.3) is 0 Å². The molecule has 0 N–H and O–H groups in total. The molecule has 0 radical (unpaired) electrons. The third kappa shape index (κ3) is 1.67. The van der Waals surface area contributed by atoms with E-state index in [9.17, 15) is 0 Å². The summed E-state index contributed by atoms with van der Waals surface area (Å²) in [6, 6.07) is 0.814. The molecular formula is C11H18N2. The fraction of sp³-hybridized carbons (Fsp3) is 0.818. The predicted molar refractivity (Wildman–Crippen MR) is 56.9 cm³/mol. The topological polar surface area (TPSA) is 24.7 Å². The van der Waals surface area contributed by atoms with Crippen LogP contribution >= 0.6 is 0 Å². The van der Waals surface area contributed by atoms with Crippen LogP contribution in [0.1, 0.15) is 46.0 Å². The van der Waals surface area contributed by atoms with Crippen LogP contribution in [0, 0.1) is 0 Å². The van der Waals surface area contributed by atoms with Gasteiger partial charge in [0.25, 0.3) is 0 Å². The molecule has 1 aliphatic heterocycles. The summed E-state index contributed by atoms with van der Waals surface area (Å²) in [6.45, 7) is 4.35. The van der Waals surface area contributed by atoms with Crippen LogP contribution in [0.15, 0.2) is 9.98 Å². The monoisotopic (exact) mass is 178 g/mol. The van der Waals surface area contributed by atoms with Crippen molar-refractivity contribution < 1.29 is 0 Å². The van der Waals surface area contributed by atoms with Gasteiger partial charge in [0.15, 0.2) is 0 Å². The van der Waals surface area contributed by atoms with E-state index in [0.717, 1.165) is 6.42 Å². The Kier molecular flexibility index (Phi) is 2.47. The number of rotatable bonds is 1. The standard InChI is InChI=1S/C11H18N2/c1-3-9-8(2)12-10-6-4-5-7-11(10)13-9/h8,11H,3-7H2,1-2H3. The van der Waals surface area contributed by atoms with Gasteiger partial charge in [-0.1, -0.05) is 13.3 Å². The summed E-state index contributed by atoms with van der Waals surface area (Å²) >= 11 is 0. The van der Waals surface area contributed by atoms with E-state index in [1.54, 1.807) is 0 Å². The molecule has 1 saturated carbocycles. The number of hydrogen-bond donors (Lipinski definition) is 0. The van der Waals surface area contributed by atoms with Gasteiger partial charge in [-0.2, -0.15) is 0 Å². The van der Waals surface area contributed by atoms with Crippen molar-refractivity contribution in [2.75, 3.05) is 0 Å². The van der Waals surface area contributed by atoms with E-state index in [-0.39, 0.29) is 0 Å². The maximum absolute atomic E-state index is 4.79. The van der Waals surface area contributed by atoms with Gasteiger partial charge in [-0.25, -0.2) is 0 Å². The van der Waals surface area contributed by atoms with Crippen molar-refractivity contribution in [2.24, 2.45) is 9.98 Å². The van der Waals surface area contributed by atoms with Crippen molar-refractivity contribution in [3.8, 4) is 0 Å². The highest BCUT2D eigenvalue weighted by molar-refractivity contribution is 6.00. The van der Waals surface area contributed by atoms with E-state index < -0.39 is 0 Å². The third-order valence-electron chi connectivity index (χ3n) is 3.07. The number of hydrogen-bond acceptors (Lipinski definition) is 2. The second-order valence-corrected chi connectivity index (χ2v) is 4.03. The second-order valence-electron chi connectivity index (χ2n) is 4.03. The van der Waals surface area contributed by atoms with Crippen molar-refractivity contribution >= 4 is 11.4 Å². The molecule has 0 aromatic rings. The van der Waals surface area contributed by atoms with Crippen LogP contribution in [0.2, 0.25) is 0 Å². The lowest BCUT2D eigenvalue weighted by molar-refractivity contribution is 0.592. The largest absolute Gasteiger partial charge is 0.283 e. The van der Waals surface area contributed by atoms with E-state index >= 15 is 0 Å². The summed E-state index contributed by atoms with van der Waals surface area (Å²) in [5.41, 5.74) is 2.67. The molecule has 13 heavy (non-hydrogen) atoms. The number of nitrogens with zero attached hydrogens (tertiary/aromatic N) is 2. The van der Waals surface area contributed by atoms with Gasteiger partial charge >= 0.3 is 0 Å². The van der Waals surface area contributed by atoms with Crippen LogP contribution in [0.3, 0.4) is 0 Å². The molecule has 0 bridgehead atoms. The summed E-state index contributed by atoms with van der Waals surface area (Å²) in [7, 11) is 0. The summed E-state index contributed by atoms with van der Waals surface area (Å²) in [6.07, 6.45) is 6.14. The number of fused-ring (bicyclic) bond motifs is 1. The van der Waals surface area contributed by atoms with Crippen LogP contribution < -0.4 is 0 Å². The zero-order valence-electron chi connectivity index (χ0n) is 8.58. The summed E-state index contributed by atoms with van der Waals surface area (Å²) in [5.74, 6) is 0. The van der Waals surface area contributed by atoms with Gasteiger partial charge in [0.1, 0.15) is 0 Å². The zero-order valence-corrected chi connectivity index (χ0v) is 8.58. The minimum atomic E-state index is 0.356. The van der Waals surface area contributed by atoms with E-state index in [1.165, 1.54) is 37.1 Å². The fourth-order valence-electron chi connectivity index (χ4n) is 2.28. The molecule has 0 aromatic carbocycles. The van der Waals surface area contributed by atoms with Crippen molar-refractivity contribution in [3.05, 3.63) is 0 Å². The molecule has 0 saturated heterocycles. The first kappa shape index (κ1) is 8.92. The highest BCUT2D eigenvalue weighted by Crippen LogP contribution is 2.23. The Labute approximate surface area is 80.2 Å². The van der Waals surface area contributed by atoms with E-state index in [2.05, 4.69) is 13.8 Å². The molecule has 0 spiro atoms. The van der Waals surface area contributed by atoms with Crippen LogP contribution in [-0.2, 0) is 0 Å². The molecule has 0 amide bonds. The molecular weight excluding hydrogens is 160 g/mol. The van der Waals surface area contributed by atoms with Crippen molar-refractivity contribution in [3.63, 3.8) is 0 Å². The van der Waals surface area contributed by atoms with E-state index in [1.807, 2.05) is 0 Å². The van der Waals surface area contributed by atoms with Crippen LogP contribution in [0.5, 0.6) is 0 Å². The maximum Gasteiger partial charge on any atom is 0.0876 e. The zero-order chi connectivity index (χ0) is 9.26. The normalized spacial score (nSPS) is 33.4. The highest BCUT2D eigenvalue weighted by Gasteiger charge is 2.25. The Bertz CT molecular complexity index is 253. The third-order valence-corrected chi connectivity index (χ3v) is 3.07. The van der Waals surface area contributed by atoms with Gasteiger partial charge in [-0.15, -0.1) is 0 Å². The SMILES string of the molecule is CCC1=NC2CCCCC2=NC1C. The quantitative estimate of drug-likeness (QED) is 0.589. The molecule has 1 heterocycles. The van der Waals surface area contributed by atoms with Gasteiger partial charge in [-0.3, -0.25) is 9.98 Å². The maximum atomic E-state index is 4.79.